The predicted molar refractivity (Wildman–Crippen MR) is 66.5 cm³/mol. The normalized spacial score (nSPS) is 18.9. The number of hydrogen-bond donors (Lipinski definition) is 1. The van der Waals surface area contributed by atoms with E-state index in [1.165, 1.54) is 12.1 Å². The van der Waals surface area contributed by atoms with E-state index >= 15 is 0 Å². The highest BCUT2D eigenvalue weighted by Gasteiger charge is 2.17. The molecular formula is C14H17F2NO. The Labute approximate surface area is 106 Å². The van der Waals surface area contributed by atoms with Gasteiger partial charge in [0.05, 0.1) is 0 Å². The summed E-state index contributed by atoms with van der Waals surface area (Å²) in [5.41, 5.74) is 0.569. The second-order valence-electron chi connectivity index (χ2n) is 4.43. The smallest absolute Gasteiger partial charge is 0.191 e. The van der Waals surface area contributed by atoms with Gasteiger partial charge in [0.15, 0.2) is 17.4 Å². The third-order valence-corrected chi connectivity index (χ3v) is 2.92. The molecule has 0 spiro atoms. The molecule has 1 aromatic carbocycles. The predicted octanol–water partition coefficient (Wildman–Crippen LogP) is 3.17. The van der Waals surface area contributed by atoms with Crippen molar-refractivity contribution in [2.24, 2.45) is 0 Å². The molecule has 4 heteroatoms. The van der Waals surface area contributed by atoms with E-state index in [1.54, 1.807) is 7.05 Å². The zero-order valence-corrected chi connectivity index (χ0v) is 10.4. The second-order valence-corrected chi connectivity index (χ2v) is 4.43. The van der Waals surface area contributed by atoms with Gasteiger partial charge in [-0.25, -0.2) is 8.78 Å². The first-order chi connectivity index (χ1) is 8.70. The van der Waals surface area contributed by atoms with E-state index in [2.05, 4.69) is 5.32 Å². The van der Waals surface area contributed by atoms with E-state index in [0.717, 1.165) is 19.3 Å². The summed E-state index contributed by atoms with van der Waals surface area (Å²) in [5.74, 6) is -1.55. The molecule has 98 valence electrons. The van der Waals surface area contributed by atoms with Gasteiger partial charge in [0.1, 0.15) is 6.10 Å². The molecule has 0 fully saturated rings. The molecule has 1 N–H and O–H groups in total. The Morgan fingerprint density at radius 1 is 1.33 bits per heavy atom. The number of hydrogen-bond acceptors (Lipinski definition) is 2. The van der Waals surface area contributed by atoms with Crippen molar-refractivity contribution in [2.45, 2.75) is 31.9 Å². The first kappa shape index (κ1) is 13.0. The molecule has 1 aliphatic rings. The van der Waals surface area contributed by atoms with Crippen LogP contribution in [0.15, 0.2) is 24.3 Å². The first-order valence-corrected chi connectivity index (χ1v) is 6.16. The van der Waals surface area contributed by atoms with Crippen molar-refractivity contribution in [1.29, 1.82) is 0 Å². The fraction of sp³-hybridized carbons (Fsp3) is 0.429. The topological polar surface area (TPSA) is 21.3 Å². The van der Waals surface area contributed by atoms with Crippen LogP contribution in [0.1, 0.15) is 24.8 Å². The monoisotopic (exact) mass is 253 g/mol. The molecule has 18 heavy (non-hydrogen) atoms. The standard InChI is InChI=1S/C14H17F2NO/c1-17-9-10-7-12(15)14(13(16)8-10)18-11-5-3-2-4-6-11/h3,5,7-8,11,17H,2,4,6,9H2,1H3. The van der Waals surface area contributed by atoms with Crippen molar-refractivity contribution in [2.75, 3.05) is 7.05 Å². The van der Waals surface area contributed by atoms with Crippen LogP contribution in [0, 0.1) is 11.6 Å². The summed E-state index contributed by atoms with van der Waals surface area (Å²) in [6, 6.07) is 2.61. The Hall–Kier alpha value is -1.42. The Bertz CT molecular complexity index is 422. The van der Waals surface area contributed by atoms with Crippen LogP contribution in [0.4, 0.5) is 8.78 Å². The van der Waals surface area contributed by atoms with Crippen molar-refractivity contribution < 1.29 is 13.5 Å². The fourth-order valence-corrected chi connectivity index (χ4v) is 2.06. The summed E-state index contributed by atoms with van der Waals surface area (Å²) in [4.78, 5) is 0. The van der Waals surface area contributed by atoms with Crippen LogP contribution < -0.4 is 10.1 Å². The number of allylic oxidation sites excluding steroid dienone is 1. The molecule has 0 heterocycles. The van der Waals surface area contributed by atoms with Crippen LogP contribution in [0.25, 0.3) is 0 Å². The minimum absolute atomic E-state index is 0.224. The lowest BCUT2D eigenvalue weighted by atomic mass is 10.1. The van der Waals surface area contributed by atoms with Crippen LogP contribution in [-0.2, 0) is 6.54 Å². The molecule has 0 saturated carbocycles. The maximum Gasteiger partial charge on any atom is 0.191 e. The van der Waals surface area contributed by atoms with Gasteiger partial charge in [-0.1, -0.05) is 6.08 Å². The molecule has 0 saturated heterocycles. The molecule has 0 bridgehead atoms. The first-order valence-electron chi connectivity index (χ1n) is 6.16. The number of halogens is 2. The fourth-order valence-electron chi connectivity index (χ4n) is 2.06. The van der Waals surface area contributed by atoms with Gasteiger partial charge in [-0.15, -0.1) is 0 Å². The van der Waals surface area contributed by atoms with E-state index in [1.807, 2.05) is 12.2 Å². The van der Waals surface area contributed by atoms with Crippen molar-refractivity contribution in [3.8, 4) is 5.75 Å². The molecule has 0 radical (unpaired) electrons. The van der Waals surface area contributed by atoms with Gasteiger partial charge in [-0.3, -0.25) is 0 Å². The molecule has 1 unspecified atom stereocenters. The van der Waals surface area contributed by atoms with E-state index in [0.29, 0.717) is 12.1 Å². The number of ether oxygens (including phenoxy) is 1. The summed E-state index contributed by atoms with van der Waals surface area (Å²) in [6.07, 6.45) is 6.42. The quantitative estimate of drug-likeness (QED) is 0.832. The molecule has 2 rings (SSSR count). The molecule has 0 amide bonds. The van der Waals surface area contributed by atoms with Gasteiger partial charge in [0.25, 0.3) is 0 Å². The number of nitrogens with one attached hydrogen (secondary N) is 1. The zero-order chi connectivity index (χ0) is 13.0. The minimum Gasteiger partial charge on any atom is -0.480 e. The maximum atomic E-state index is 13.8. The van der Waals surface area contributed by atoms with E-state index in [4.69, 9.17) is 4.74 Å². The molecule has 0 aliphatic heterocycles. The van der Waals surface area contributed by atoms with Gasteiger partial charge in [0, 0.05) is 6.54 Å². The Morgan fingerprint density at radius 2 is 2.06 bits per heavy atom. The van der Waals surface area contributed by atoms with Gasteiger partial charge < -0.3 is 10.1 Å². The highest BCUT2D eigenvalue weighted by Crippen LogP contribution is 2.26. The molecule has 1 aromatic rings. The van der Waals surface area contributed by atoms with E-state index < -0.39 is 11.6 Å². The Morgan fingerprint density at radius 3 is 2.61 bits per heavy atom. The van der Waals surface area contributed by atoms with Crippen molar-refractivity contribution in [1.82, 2.24) is 5.32 Å². The van der Waals surface area contributed by atoms with E-state index in [9.17, 15) is 8.78 Å². The SMILES string of the molecule is CNCc1cc(F)c(OC2C=CCCC2)c(F)c1. The summed E-state index contributed by atoms with van der Waals surface area (Å²) >= 11 is 0. The summed E-state index contributed by atoms with van der Waals surface area (Å²) < 4.78 is 32.9. The number of rotatable bonds is 4. The minimum atomic E-state index is -0.640. The third-order valence-electron chi connectivity index (χ3n) is 2.92. The largest absolute Gasteiger partial charge is 0.480 e. The average molecular weight is 253 g/mol. The van der Waals surface area contributed by atoms with E-state index in [-0.39, 0.29) is 11.9 Å². The average Bonchev–Trinajstić information content (AvgIpc) is 2.36. The highest BCUT2D eigenvalue weighted by molar-refractivity contribution is 5.32. The van der Waals surface area contributed by atoms with Crippen LogP contribution in [-0.4, -0.2) is 13.2 Å². The van der Waals surface area contributed by atoms with Gasteiger partial charge in [-0.05, 0) is 50.1 Å². The summed E-state index contributed by atoms with van der Waals surface area (Å²) in [6.45, 7) is 0.428. The third kappa shape index (κ3) is 3.07. The molecule has 1 aliphatic carbocycles. The molecule has 1 atom stereocenters. The van der Waals surface area contributed by atoms with Crippen LogP contribution in [0.5, 0.6) is 5.75 Å². The summed E-state index contributed by atoms with van der Waals surface area (Å²) in [7, 11) is 1.73. The van der Waals surface area contributed by atoms with Gasteiger partial charge in [0.2, 0.25) is 0 Å². The van der Waals surface area contributed by atoms with Gasteiger partial charge >= 0.3 is 0 Å². The Kier molecular flexibility index (Phi) is 4.31. The zero-order valence-electron chi connectivity index (χ0n) is 10.4. The molecule has 2 nitrogen and oxygen atoms in total. The molecular weight excluding hydrogens is 236 g/mol. The second kappa shape index (κ2) is 5.96. The van der Waals surface area contributed by atoms with Gasteiger partial charge in [-0.2, -0.15) is 0 Å². The van der Waals surface area contributed by atoms with Crippen molar-refractivity contribution in [3.63, 3.8) is 0 Å². The number of benzene rings is 1. The van der Waals surface area contributed by atoms with Crippen LogP contribution >= 0.6 is 0 Å². The lowest BCUT2D eigenvalue weighted by Crippen LogP contribution is -2.17. The lowest BCUT2D eigenvalue weighted by Gasteiger charge is -2.19. The van der Waals surface area contributed by atoms with Crippen molar-refractivity contribution in [3.05, 3.63) is 41.5 Å². The van der Waals surface area contributed by atoms with Crippen LogP contribution in [0.3, 0.4) is 0 Å². The lowest BCUT2D eigenvalue weighted by molar-refractivity contribution is 0.209. The summed E-state index contributed by atoms with van der Waals surface area (Å²) in [5, 5.41) is 2.85. The Balaban J connectivity index is 2.17. The molecule has 0 aromatic heterocycles. The highest BCUT2D eigenvalue weighted by atomic mass is 19.1. The van der Waals surface area contributed by atoms with Crippen molar-refractivity contribution >= 4 is 0 Å². The van der Waals surface area contributed by atoms with Crippen LogP contribution in [0.2, 0.25) is 0 Å². The maximum absolute atomic E-state index is 13.8.